The van der Waals surface area contributed by atoms with E-state index < -0.39 is 75.9 Å². The zero-order chi connectivity index (χ0) is 48.8. The Balaban J connectivity index is 1.82. The summed E-state index contributed by atoms with van der Waals surface area (Å²) in [5.74, 6) is -3.80. The third-order valence-corrected chi connectivity index (χ3v) is 14.0. The Morgan fingerprint density at radius 3 is 1.95 bits per heavy atom. The first-order valence-corrected chi connectivity index (χ1v) is 24.5. The standard InChI is InChI=1S/C48H77N7O9S/c1-13-32(6)43(54(10)48(60)41(30(2)3)51-47(59)42(31(4)5)53(8)9)39(63-11)27-40(56)55-25-17-20-38(55)44(64-12)33(7)45(57)50-37(26-34-18-15-14-16-19-34)46(58)52-65(61,62)29-36-23-21-35(28-49)22-24-36/h14-16,18-19,21-24,30-33,37-39,41-44H,13,17,20,25-29,49H2,1-12H3,(H,50,57)(H,51,59)(H,52,58)/t32-,33+,37-,38-,39+,41?,42-,43-,44+/m0/s1. The highest BCUT2D eigenvalue weighted by molar-refractivity contribution is 7.89. The number of likely N-dealkylation sites (tertiary alicyclic amines) is 1. The number of likely N-dealkylation sites (N-methyl/N-ethyl adjacent to an activating group) is 2. The number of sulfonamides is 1. The van der Waals surface area contributed by atoms with Gasteiger partial charge in [0.15, 0.2) is 0 Å². The van der Waals surface area contributed by atoms with Crippen LogP contribution in [0.1, 0.15) is 90.8 Å². The normalized spacial score (nSPS) is 18.0. The molecule has 1 saturated heterocycles. The molecule has 65 heavy (non-hydrogen) atoms. The van der Waals surface area contributed by atoms with Gasteiger partial charge < -0.3 is 35.6 Å². The van der Waals surface area contributed by atoms with E-state index in [4.69, 9.17) is 15.2 Å². The van der Waals surface area contributed by atoms with Crippen molar-refractivity contribution >= 4 is 39.6 Å². The maximum atomic E-state index is 14.4. The minimum atomic E-state index is -4.16. The van der Waals surface area contributed by atoms with Gasteiger partial charge in [0.2, 0.25) is 33.7 Å². The molecule has 5 amide bonds. The van der Waals surface area contributed by atoms with Gasteiger partial charge >= 0.3 is 0 Å². The van der Waals surface area contributed by atoms with Crippen LogP contribution in [0.5, 0.6) is 0 Å². The van der Waals surface area contributed by atoms with Crippen molar-refractivity contribution in [2.45, 2.75) is 135 Å². The minimum Gasteiger partial charge on any atom is -0.379 e. The average Bonchev–Trinajstić information content (AvgIpc) is 3.74. The Bertz CT molecular complexity index is 1960. The highest BCUT2D eigenvalue weighted by atomic mass is 32.2. The largest absolute Gasteiger partial charge is 0.379 e. The maximum Gasteiger partial charge on any atom is 0.256 e. The lowest BCUT2D eigenvalue weighted by Gasteiger charge is -2.41. The van der Waals surface area contributed by atoms with E-state index in [-0.39, 0.29) is 48.3 Å². The van der Waals surface area contributed by atoms with E-state index in [0.29, 0.717) is 43.5 Å². The van der Waals surface area contributed by atoms with Crippen molar-refractivity contribution < 1.29 is 41.9 Å². The summed E-state index contributed by atoms with van der Waals surface area (Å²) in [5, 5.41) is 5.82. The fourth-order valence-corrected chi connectivity index (χ4v) is 10.2. The molecule has 1 unspecified atom stereocenters. The van der Waals surface area contributed by atoms with Crippen LogP contribution in [-0.2, 0) is 62.2 Å². The molecule has 5 N–H and O–H groups in total. The number of nitrogens with one attached hydrogen (secondary N) is 3. The predicted molar refractivity (Wildman–Crippen MR) is 252 cm³/mol. The maximum absolute atomic E-state index is 14.4. The second-order valence-electron chi connectivity index (χ2n) is 18.5. The number of hydrogen-bond donors (Lipinski definition) is 4. The number of carbonyl (C=O) groups excluding carboxylic acids is 5. The zero-order valence-electron chi connectivity index (χ0n) is 40.7. The van der Waals surface area contributed by atoms with E-state index in [1.54, 1.807) is 72.3 Å². The summed E-state index contributed by atoms with van der Waals surface area (Å²) >= 11 is 0. The lowest BCUT2D eigenvalue weighted by Crippen LogP contribution is -2.59. The van der Waals surface area contributed by atoms with Crippen LogP contribution in [0.3, 0.4) is 0 Å². The molecule has 0 bridgehead atoms. The van der Waals surface area contributed by atoms with Crippen LogP contribution < -0.4 is 21.1 Å². The van der Waals surface area contributed by atoms with Crippen LogP contribution in [0.2, 0.25) is 0 Å². The zero-order valence-corrected chi connectivity index (χ0v) is 41.5. The topological polar surface area (TPSA) is 210 Å². The number of amides is 5. The van der Waals surface area contributed by atoms with E-state index in [1.807, 2.05) is 66.6 Å². The second kappa shape index (κ2) is 25.5. The minimum absolute atomic E-state index is 0.0121. The van der Waals surface area contributed by atoms with Crippen molar-refractivity contribution in [2.75, 3.05) is 41.9 Å². The molecular formula is C48H77N7O9S. The first-order valence-electron chi connectivity index (χ1n) is 22.9. The van der Waals surface area contributed by atoms with Gasteiger partial charge in [-0.05, 0) is 61.4 Å². The molecule has 0 aliphatic carbocycles. The van der Waals surface area contributed by atoms with Gasteiger partial charge in [0, 0.05) is 40.8 Å². The summed E-state index contributed by atoms with van der Waals surface area (Å²) in [6.07, 6.45) is 0.354. The first-order chi connectivity index (χ1) is 30.6. The highest BCUT2D eigenvalue weighted by Gasteiger charge is 2.43. The lowest BCUT2D eigenvalue weighted by atomic mass is 9.89. The molecule has 0 radical (unpaired) electrons. The van der Waals surface area contributed by atoms with Crippen LogP contribution in [0.4, 0.5) is 0 Å². The van der Waals surface area contributed by atoms with Gasteiger partial charge in [-0.2, -0.15) is 0 Å². The van der Waals surface area contributed by atoms with Gasteiger partial charge in [0.05, 0.1) is 48.4 Å². The molecule has 1 aliphatic rings. The van der Waals surface area contributed by atoms with E-state index in [0.717, 1.165) is 5.56 Å². The quantitative estimate of drug-likeness (QED) is 0.113. The van der Waals surface area contributed by atoms with E-state index in [1.165, 1.54) is 14.2 Å². The number of carbonyl (C=O) groups is 5. The fourth-order valence-electron chi connectivity index (χ4n) is 9.02. The average molecular weight is 928 g/mol. The first kappa shape index (κ1) is 54.9. The Kier molecular flexibility index (Phi) is 21.5. The third kappa shape index (κ3) is 15.3. The Morgan fingerprint density at radius 1 is 0.815 bits per heavy atom. The molecule has 1 aliphatic heterocycles. The number of hydrogen-bond acceptors (Lipinski definition) is 11. The number of nitrogens with zero attached hydrogens (tertiary/aromatic N) is 3. The summed E-state index contributed by atoms with van der Waals surface area (Å²) in [6.45, 7) is 14.1. The van der Waals surface area contributed by atoms with Crippen LogP contribution >= 0.6 is 0 Å². The van der Waals surface area contributed by atoms with Gasteiger partial charge in [0.1, 0.15) is 12.1 Å². The summed E-state index contributed by atoms with van der Waals surface area (Å²) < 4.78 is 40.6. The van der Waals surface area contributed by atoms with Crippen molar-refractivity contribution in [3.05, 3.63) is 71.3 Å². The predicted octanol–water partition coefficient (Wildman–Crippen LogP) is 3.47. The molecule has 0 saturated carbocycles. The molecule has 3 rings (SSSR count). The van der Waals surface area contributed by atoms with E-state index >= 15 is 0 Å². The SMILES string of the molecule is CC[C@H](C)[C@@H]([C@@H](CC(=O)N1CCC[C@H]1[C@H](OC)[C@@H](C)C(=O)N[C@@H](Cc1ccccc1)C(=O)NS(=O)(=O)Cc1ccc(CN)cc1)OC)N(C)C(=O)C(NC(=O)[C@H](C(C)C)N(C)C)C(C)C. The molecular weight excluding hydrogens is 851 g/mol. The Labute approximate surface area is 388 Å². The molecule has 17 heteroatoms. The number of methoxy groups -OCH3 is 2. The van der Waals surface area contributed by atoms with Crippen LogP contribution in [-0.4, -0.2) is 137 Å². The van der Waals surface area contributed by atoms with Crippen LogP contribution in [0.25, 0.3) is 0 Å². The van der Waals surface area contributed by atoms with E-state index in [9.17, 15) is 32.4 Å². The number of nitrogens with two attached hydrogens (primary N) is 1. The third-order valence-electron chi connectivity index (χ3n) is 12.7. The molecule has 0 aromatic heterocycles. The Morgan fingerprint density at radius 2 is 1.43 bits per heavy atom. The summed E-state index contributed by atoms with van der Waals surface area (Å²) in [7, 11) is 4.21. The van der Waals surface area contributed by atoms with Gasteiger partial charge in [-0.1, -0.05) is 109 Å². The van der Waals surface area contributed by atoms with Gasteiger partial charge in [-0.3, -0.25) is 33.6 Å². The molecule has 364 valence electrons. The molecule has 1 heterocycles. The number of benzene rings is 2. The fraction of sp³-hybridized carbons (Fsp3) is 0.646. The van der Waals surface area contributed by atoms with Crippen molar-refractivity contribution in [3.63, 3.8) is 0 Å². The second-order valence-corrected chi connectivity index (χ2v) is 20.2. The lowest BCUT2D eigenvalue weighted by molar-refractivity contribution is -0.148. The molecule has 0 spiro atoms. The van der Waals surface area contributed by atoms with Crippen molar-refractivity contribution in [1.29, 1.82) is 0 Å². The van der Waals surface area contributed by atoms with Crippen molar-refractivity contribution in [2.24, 2.45) is 29.4 Å². The Hall–Kier alpha value is -4.42. The molecule has 2 aromatic rings. The summed E-state index contributed by atoms with van der Waals surface area (Å²) in [4.78, 5) is 75.3. The molecule has 2 aromatic carbocycles. The van der Waals surface area contributed by atoms with Crippen LogP contribution in [0.15, 0.2) is 54.6 Å². The van der Waals surface area contributed by atoms with Crippen LogP contribution in [0, 0.1) is 23.7 Å². The van der Waals surface area contributed by atoms with Crippen molar-refractivity contribution in [1.82, 2.24) is 30.1 Å². The van der Waals surface area contributed by atoms with Gasteiger partial charge in [0.25, 0.3) is 5.91 Å². The number of ether oxygens (including phenoxy) is 2. The van der Waals surface area contributed by atoms with Gasteiger partial charge in [-0.25, -0.2) is 8.42 Å². The van der Waals surface area contributed by atoms with E-state index in [2.05, 4.69) is 15.4 Å². The highest BCUT2D eigenvalue weighted by Crippen LogP contribution is 2.30. The monoisotopic (exact) mass is 928 g/mol. The molecule has 9 atom stereocenters. The number of rotatable bonds is 25. The summed E-state index contributed by atoms with van der Waals surface area (Å²) in [6, 6.07) is 12.1. The van der Waals surface area contributed by atoms with Gasteiger partial charge in [-0.15, -0.1) is 0 Å². The smallest absolute Gasteiger partial charge is 0.256 e. The molecule has 16 nitrogen and oxygen atoms in total. The molecule has 1 fully saturated rings. The van der Waals surface area contributed by atoms with Crippen molar-refractivity contribution in [3.8, 4) is 0 Å². The summed E-state index contributed by atoms with van der Waals surface area (Å²) in [5.41, 5.74) is 7.68.